The van der Waals surface area contributed by atoms with Gasteiger partial charge in [0.05, 0.1) is 13.2 Å². The van der Waals surface area contributed by atoms with E-state index >= 15 is 0 Å². The van der Waals surface area contributed by atoms with Crippen molar-refractivity contribution in [2.75, 3.05) is 47.3 Å². The van der Waals surface area contributed by atoms with Gasteiger partial charge in [-0.25, -0.2) is 0 Å². The van der Waals surface area contributed by atoms with Crippen LogP contribution in [0.5, 0.6) is 0 Å². The Kier molecular flexibility index (Phi) is 14.4. The smallest absolute Gasteiger partial charge is 0.220 e. The van der Waals surface area contributed by atoms with E-state index in [2.05, 4.69) is 20.8 Å². The third kappa shape index (κ3) is 8.94. The molecule has 3 rings (SSSR count). The van der Waals surface area contributed by atoms with Crippen LogP contribution in [0.25, 0.3) is 0 Å². The van der Waals surface area contributed by atoms with Gasteiger partial charge in [0.1, 0.15) is 30.5 Å². The monoisotopic (exact) mass is 582 g/mol. The molecule has 0 saturated carbocycles. The van der Waals surface area contributed by atoms with Crippen LogP contribution in [0.15, 0.2) is 30.3 Å². The molecule has 41 heavy (non-hydrogen) atoms. The van der Waals surface area contributed by atoms with Gasteiger partial charge >= 0.3 is 0 Å². The standard InChI is InChI=1S/C32H54O9/c1-8-11-19-35-22-25(36-20-12-9-2)28-29(41-32(5,34-7)31(4,33-6)40-28)27-26(37-21-13-10-3)23-38-30(39-27)24-17-15-14-16-18-24/h14-18,25-30H,8-13,19-23H2,1-7H3/t25-,26-,27-,28+,29+,30?,31?,32?/m1/s1. The third-order valence-corrected chi connectivity index (χ3v) is 8.05. The summed E-state index contributed by atoms with van der Waals surface area (Å²) in [5, 5.41) is 0. The molecule has 9 nitrogen and oxygen atoms in total. The molecule has 8 atom stereocenters. The lowest BCUT2D eigenvalue weighted by atomic mass is 9.93. The molecule has 9 heteroatoms. The molecule has 2 fully saturated rings. The van der Waals surface area contributed by atoms with Crippen molar-refractivity contribution in [1.82, 2.24) is 0 Å². The molecular weight excluding hydrogens is 528 g/mol. The maximum Gasteiger partial charge on any atom is 0.220 e. The highest BCUT2D eigenvalue weighted by Crippen LogP contribution is 2.44. The van der Waals surface area contributed by atoms with Gasteiger partial charge in [-0.2, -0.15) is 0 Å². The summed E-state index contributed by atoms with van der Waals surface area (Å²) in [4.78, 5) is 0. The molecule has 0 radical (unpaired) electrons. The summed E-state index contributed by atoms with van der Waals surface area (Å²) in [5.41, 5.74) is 0.924. The molecule has 0 bridgehead atoms. The van der Waals surface area contributed by atoms with Crippen LogP contribution in [0.4, 0.5) is 0 Å². The van der Waals surface area contributed by atoms with E-state index in [0.29, 0.717) is 33.0 Å². The van der Waals surface area contributed by atoms with Crippen molar-refractivity contribution in [1.29, 1.82) is 0 Å². The molecule has 2 aliphatic rings. The Morgan fingerprint density at radius 1 is 0.829 bits per heavy atom. The summed E-state index contributed by atoms with van der Waals surface area (Å²) in [5.74, 6) is -2.46. The molecule has 0 N–H and O–H groups in total. The van der Waals surface area contributed by atoms with Crippen molar-refractivity contribution in [3.05, 3.63) is 35.9 Å². The van der Waals surface area contributed by atoms with Crippen LogP contribution in [0.2, 0.25) is 0 Å². The highest BCUT2D eigenvalue weighted by Gasteiger charge is 2.61. The largest absolute Gasteiger partial charge is 0.379 e. The minimum atomic E-state index is -1.24. The van der Waals surface area contributed by atoms with Gasteiger partial charge in [-0.15, -0.1) is 0 Å². The maximum absolute atomic E-state index is 6.85. The lowest BCUT2D eigenvalue weighted by molar-refractivity contribution is -0.469. The van der Waals surface area contributed by atoms with Gasteiger partial charge in [0.25, 0.3) is 0 Å². The van der Waals surface area contributed by atoms with Crippen LogP contribution in [-0.4, -0.2) is 89.3 Å². The molecule has 0 amide bonds. The topological polar surface area (TPSA) is 83.1 Å². The Hall–Kier alpha value is -1.14. The summed E-state index contributed by atoms with van der Waals surface area (Å²) in [7, 11) is 3.18. The molecule has 0 spiro atoms. The third-order valence-electron chi connectivity index (χ3n) is 8.05. The number of ether oxygens (including phenoxy) is 9. The molecule has 2 aliphatic heterocycles. The SMILES string of the molecule is CCCCOC[C@@H](OCCCC)[C@@H]1OC(C)(OC)C(C)(OC)O[C@H]1[C@@H]1OC(c2ccccc2)OC[C@H]1OCCCC. The average Bonchev–Trinajstić information content (AvgIpc) is 3.00. The first-order valence-electron chi connectivity index (χ1n) is 15.4. The normalized spacial score (nSPS) is 33.1. The summed E-state index contributed by atoms with van der Waals surface area (Å²) in [6.07, 6.45) is 2.74. The first-order chi connectivity index (χ1) is 19.9. The van der Waals surface area contributed by atoms with E-state index in [9.17, 15) is 0 Å². The summed E-state index contributed by atoms with van der Waals surface area (Å²) in [6.45, 7) is 12.6. The van der Waals surface area contributed by atoms with Crippen LogP contribution in [-0.2, 0) is 42.6 Å². The highest BCUT2D eigenvalue weighted by atomic mass is 16.8. The van der Waals surface area contributed by atoms with Crippen molar-refractivity contribution in [2.24, 2.45) is 0 Å². The van der Waals surface area contributed by atoms with E-state index in [1.54, 1.807) is 14.2 Å². The number of unbranched alkanes of at least 4 members (excludes halogenated alkanes) is 3. The predicted octanol–water partition coefficient (Wildman–Crippen LogP) is 5.80. The minimum Gasteiger partial charge on any atom is -0.379 e. The fourth-order valence-electron chi connectivity index (χ4n) is 5.08. The second kappa shape index (κ2) is 17.2. The van der Waals surface area contributed by atoms with E-state index in [4.69, 9.17) is 42.6 Å². The molecule has 1 aromatic rings. The zero-order valence-corrected chi connectivity index (χ0v) is 26.3. The zero-order chi connectivity index (χ0) is 29.7. The first kappa shape index (κ1) is 34.4. The van der Waals surface area contributed by atoms with Gasteiger partial charge in [-0.1, -0.05) is 70.4 Å². The molecule has 3 unspecified atom stereocenters. The number of methoxy groups -OCH3 is 2. The molecule has 0 aromatic heterocycles. The van der Waals surface area contributed by atoms with Crippen LogP contribution < -0.4 is 0 Å². The Labute approximate surface area is 247 Å². The second-order valence-electron chi connectivity index (χ2n) is 11.1. The van der Waals surface area contributed by atoms with Gasteiger partial charge in [-0.3, -0.25) is 0 Å². The maximum atomic E-state index is 6.85. The Morgan fingerprint density at radius 3 is 2.12 bits per heavy atom. The molecule has 1 aromatic carbocycles. The fraction of sp³-hybridized carbons (Fsp3) is 0.812. The van der Waals surface area contributed by atoms with Gasteiger partial charge in [0.15, 0.2) is 6.29 Å². The molecule has 0 aliphatic carbocycles. The van der Waals surface area contributed by atoms with E-state index < -0.39 is 42.3 Å². The van der Waals surface area contributed by atoms with Crippen molar-refractivity contribution in [3.8, 4) is 0 Å². The van der Waals surface area contributed by atoms with E-state index in [1.165, 1.54) is 0 Å². The Balaban J connectivity index is 1.99. The molecule has 2 heterocycles. The van der Waals surface area contributed by atoms with E-state index in [-0.39, 0.29) is 6.10 Å². The predicted molar refractivity (Wildman–Crippen MR) is 156 cm³/mol. The average molecular weight is 583 g/mol. The first-order valence-corrected chi connectivity index (χ1v) is 15.4. The van der Waals surface area contributed by atoms with Crippen molar-refractivity contribution < 1.29 is 42.6 Å². The van der Waals surface area contributed by atoms with Crippen LogP contribution in [0.1, 0.15) is 85.0 Å². The van der Waals surface area contributed by atoms with Crippen LogP contribution >= 0.6 is 0 Å². The lowest BCUT2D eigenvalue weighted by Crippen LogP contribution is -2.71. The van der Waals surface area contributed by atoms with Crippen LogP contribution in [0.3, 0.4) is 0 Å². The molecule has 236 valence electrons. The van der Waals surface area contributed by atoms with Gasteiger partial charge < -0.3 is 42.6 Å². The number of benzene rings is 1. The summed E-state index contributed by atoms with van der Waals surface area (Å²) in [6, 6.07) is 9.91. The van der Waals surface area contributed by atoms with Gasteiger partial charge in [-0.05, 0) is 33.1 Å². The Morgan fingerprint density at radius 2 is 1.46 bits per heavy atom. The zero-order valence-electron chi connectivity index (χ0n) is 26.3. The van der Waals surface area contributed by atoms with E-state index in [1.807, 2.05) is 44.2 Å². The number of hydrogen-bond acceptors (Lipinski definition) is 9. The van der Waals surface area contributed by atoms with Crippen molar-refractivity contribution in [2.45, 2.75) is 122 Å². The highest BCUT2D eigenvalue weighted by molar-refractivity contribution is 5.16. The number of rotatable bonds is 18. The van der Waals surface area contributed by atoms with Crippen LogP contribution in [0, 0.1) is 0 Å². The lowest BCUT2D eigenvalue weighted by Gasteiger charge is -2.55. The Bertz CT molecular complexity index is 842. The number of hydrogen-bond donors (Lipinski definition) is 0. The van der Waals surface area contributed by atoms with Gasteiger partial charge in [0, 0.05) is 39.6 Å². The van der Waals surface area contributed by atoms with Crippen molar-refractivity contribution in [3.63, 3.8) is 0 Å². The molecular formula is C32H54O9. The van der Waals surface area contributed by atoms with Gasteiger partial charge in [0.2, 0.25) is 11.6 Å². The summed E-state index contributed by atoms with van der Waals surface area (Å²) < 4.78 is 57.3. The fourth-order valence-corrected chi connectivity index (χ4v) is 5.08. The van der Waals surface area contributed by atoms with Crippen molar-refractivity contribution >= 4 is 0 Å². The minimum absolute atomic E-state index is 0.347. The van der Waals surface area contributed by atoms with E-state index in [0.717, 1.165) is 44.1 Å². The molecule has 2 saturated heterocycles. The summed E-state index contributed by atoms with van der Waals surface area (Å²) >= 11 is 0. The second-order valence-corrected chi connectivity index (χ2v) is 11.1. The quantitative estimate of drug-likeness (QED) is 0.200.